The van der Waals surface area contributed by atoms with Crippen LogP contribution in [0.1, 0.15) is 23.7 Å². The van der Waals surface area contributed by atoms with E-state index in [2.05, 4.69) is 22.6 Å². The Bertz CT molecular complexity index is 465. The number of carboxylic acid groups (broad SMARTS) is 1. The van der Waals surface area contributed by atoms with Crippen LogP contribution >= 0.6 is 34.2 Å². The number of hydrogen-bond donors (Lipinski definition) is 1. The fourth-order valence-electron chi connectivity index (χ4n) is 1.45. The van der Waals surface area contributed by atoms with Gasteiger partial charge in [-0.25, -0.2) is 0 Å². The van der Waals surface area contributed by atoms with Crippen molar-refractivity contribution in [2.75, 3.05) is 13.1 Å². The van der Waals surface area contributed by atoms with Gasteiger partial charge in [0.2, 0.25) is 0 Å². The molecule has 0 aromatic heterocycles. The number of amides is 1. The number of halogens is 2. The van der Waals surface area contributed by atoms with Crippen LogP contribution in [0.5, 0.6) is 0 Å². The molecule has 0 aliphatic heterocycles. The van der Waals surface area contributed by atoms with Crippen LogP contribution in [0.15, 0.2) is 18.2 Å². The molecule has 0 bridgehead atoms. The van der Waals surface area contributed by atoms with Gasteiger partial charge in [0.05, 0.1) is 11.4 Å². The predicted molar refractivity (Wildman–Crippen MR) is 78.0 cm³/mol. The lowest BCUT2D eigenvalue weighted by atomic mass is 10.2. The Morgan fingerprint density at radius 1 is 1.44 bits per heavy atom. The third-order valence-electron chi connectivity index (χ3n) is 2.43. The van der Waals surface area contributed by atoms with Crippen molar-refractivity contribution in [3.05, 3.63) is 32.4 Å². The van der Waals surface area contributed by atoms with Crippen molar-refractivity contribution >= 4 is 46.1 Å². The fraction of sp³-hybridized carbons (Fsp3) is 0.333. The van der Waals surface area contributed by atoms with Crippen molar-refractivity contribution in [3.63, 3.8) is 0 Å². The SMILES string of the molecule is CCN(CCC(=O)O)C(=O)c1ccc(I)c(Cl)c1. The van der Waals surface area contributed by atoms with Crippen LogP contribution in [0, 0.1) is 3.57 Å². The Morgan fingerprint density at radius 3 is 2.61 bits per heavy atom. The highest BCUT2D eigenvalue weighted by Gasteiger charge is 2.15. The van der Waals surface area contributed by atoms with Gasteiger partial charge in [0.25, 0.3) is 5.91 Å². The molecule has 1 aromatic carbocycles. The first-order valence-electron chi connectivity index (χ1n) is 5.41. The Labute approximate surface area is 124 Å². The summed E-state index contributed by atoms with van der Waals surface area (Å²) in [4.78, 5) is 24.1. The van der Waals surface area contributed by atoms with Gasteiger partial charge in [-0.3, -0.25) is 9.59 Å². The maximum Gasteiger partial charge on any atom is 0.305 e. The van der Waals surface area contributed by atoms with E-state index in [1.165, 1.54) is 4.90 Å². The molecule has 0 heterocycles. The minimum absolute atomic E-state index is 0.0579. The highest BCUT2D eigenvalue weighted by Crippen LogP contribution is 2.20. The second kappa shape index (κ2) is 6.94. The summed E-state index contributed by atoms with van der Waals surface area (Å²) in [6.07, 6.45) is -0.0579. The molecule has 18 heavy (non-hydrogen) atoms. The summed E-state index contributed by atoms with van der Waals surface area (Å²) in [5.74, 6) is -1.11. The number of carbonyl (C=O) groups excluding carboxylic acids is 1. The molecule has 0 aliphatic rings. The summed E-state index contributed by atoms with van der Waals surface area (Å²) in [5.41, 5.74) is 0.479. The monoisotopic (exact) mass is 381 g/mol. The molecule has 0 saturated heterocycles. The first kappa shape index (κ1) is 15.2. The Hall–Kier alpha value is -0.820. The van der Waals surface area contributed by atoms with Crippen LogP contribution < -0.4 is 0 Å². The van der Waals surface area contributed by atoms with E-state index in [4.69, 9.17) is 16.7 Å². The largest absolute Gasteiger partial charge is 0.481 e. The lowest BCUT2D eigenvalue weighted by Gasteiger charge is -2.20. The zero-order chi connectivity index (χ0) is 13.7. The number of rotatable bonds is 5. The summed E-state index contributed by atoms with van der Waals surface area (Å²) in [6, 6.07) is 5.07. The van der Waals surface area contributed by atoms with Gasteiger partial charge in [0, 0.05) is 22.2 Å². The van der Waals surface area contributed by atoms with Gasteiger partial charge in [-0.1, -0.05) is 11.6 Å². The molecule has 0 atom stereocenters. The highest BCUT2D eigenvalue weighted by molar-refractivity contribution is 14.1. The second-order valence-corrected chi connectivity index (χ2v) is 5.23. The van der Waals surface area contributed by atoms with Crippen LogP contribution in [0.3, 0.4) is 0 Å². The van der Waals surface area contributed by atoms with E-state index in [1.54, 1.807) is 18.2 Å². The first-order chi connectivity index (χ1) is 8.45. The number of carboxylic acids is 1. The Balaban J connectivity index is 2.82. The van der Waals surface area contributed by atoms with Crippen LogP contribution in [-0.2, 0) is 4.79 Å². The van der Waals surface area contributed by atoms with Crippen molar-refractivity contribution in [1.82, 2.24) is 4.90 Å². The van der Waals surface area contributed by atoms with Gasteiger partial charge in [0.1, 0.15) is 0 Å². The van der Waals surface area contributed by atoms with Crippen molar-refractivity contribution in [3.8, 4) is 0 Å². The standard InChI is InChI=1S/C12H13ClINO3/c1-2-15(6-5-11(16)17)12(18)8-3-4-10(14)9(13)7-8/h3-4,7H,2,5-6H2,1H3,(H,16,17). The third-order valence-corrected chi connectivity index (χ3v) is 4.00. The number of carbonyl (C=O) groups is 2. The molecule has 1 N–H and O–H groups in total. The molecule has 1 aromatic rings. The van der Waals surface area contributed by atoms with Crippen LogP contribution in [-0.4, -0.2) is 35.0 Å². The minimum Gasteiger partial charge on any atom is -0.481 e. The van der Waals surface area contributed by atoms with Crippen LogP contribution in [0.2, 0.25) is 5.02 Å². The smallest absolute Gasteiger partial charge is 0.305 e. The maximum absolute atomic E-state index is 12.1. The van der Waals surface area contributed by atoms with Crippen molar-refractivity contribution in [2.45, 2.75) is 13.3 Å². The lowest BCUT2D eigenvalue weighted by Crippen LogP contribution is -2.32. The Kier molecular flexibility index (Phi) is 5.87. The summed E-state index contributed by atoms with van der Waals surface area (Å²) in [6.45, 7) is 2.48. The lowest BCUT2D eigenvalue weighted by molar-refractivity contribution is -0.137. The molecule has 0 aliphatic carbocycles. The zero-order valence-corrected chi connectivity index (χ0v) is 12.7. The maximum atomic E-state index is 12.1. The molecule has 1 rings (SSSR count). The Morgan fingerprint density at radius 2 is 2.11 bits per heavy atom. The van der Waals surface area contributed by atoms with Crippen molar-refractivity contribution < 1.29 is 14.7 Å². The van der Waals surface area contributed by atoms with E-state index >= 15 is 0 Å². The topological polar surface area (TPSA) is 57.6 Å². The van der Waals surface area contributed by atoms with Gasteiger partial charge in [-0.2, -0.15) is 0 Å². The number of hydrogen-bond acceptors (Lipinski definition) is 2. The minimum atomic E-state index is -0.915. The summed E-state index contributed by atoms with van der Waals surface area (Å²) in [5, 5.41) is 9.15. The highest BCUT2D eigenvalue weighted by atomic mass is 127. The zero-order valence-electron chi connectivity index (χ0n) is 9.82. The first-order valence-corrected chi connectivity index (χ1v) is 6.87. The number of aliphatic carboxylic acids is 1. The van der Waals surface area contributed by atoms with E-state index in [0.29, 0.717) is 17.1 Å². The van der Waals surface area contributed by atoms with Gasteiger partial charge in [-0.05, 0) is 47.7 Å². The van der Waals surface area contributed by atoms with E-state index in [1.807, 2.05) is 6.92 Å². The summed E-state index contributed by atoms with van der Waals surface area (Å²) in [7, 11) is 0. The molecular weight excluding hydrogens is 368 g/mol. The molecule has 0 fully saturated rings. The van der Waals surface area contributed by atoms with Gasteiger partial charge < -0.3 is 10.0 Å². The van der Waals surface area contributed by atoms with Crippen molar-refractivity contribution in [1.29, 1.82) is 0 Å². The van der Waals surface area contributed by atoms with Crippen LogP contribution in [0.25, 0.3) is 0 Å². The van der Waals surface area contributed by atoms with E-state index < -0.39 is 5.97 Å². The average Bonchev–Trinajstić information content (AvgIpc) is 2.32. The van der Waals surface area contributed by atoms with E-state index in [9.17, 15) is 9.59 Å². The molecule has 6 heteroatoms. The molecule has 98 valence electrons. The molecule has 0 spiro atoms. The molecule has 1 amide bonds. The normalized spacial score (nSPS) is 10.2. The van der Waals surface area contributed by atoms with Gasteiger partial charge in [0.15, 0.2) is 0 Å². The van der Waals surface area contributed by atoms with Gasteiger partial charge in [-0.15, -0.1) is 0 Å². The third kappa shape index (κ3) is 4.13. The van der Waals surface area contributed by atoms with Crippen molar-refractivity contribution in [2.24, 2.45) is 0 Å². The quantitative estimate of drug-likeness (QED) is 0.798. The summed E-state index contributed by atoms with van der Waals surface area (Å²) < 4.78 is 0.874. The summed E-state index contributed by atoms with van der Waals surface area (Å²) >= 11 is 8.04. The fourth-order valence-corrected chi connectivity index (χ4v) is 1.96. The van der Waals surface area contributed by atoms with Crippen LogP contribution in [0.4, 0.5) is 0 Å². The molecular formula is C12H13ClINO3. The predicted octanol–water partition coefficient (Wildman–Crippen LogP) is 2.88. The molecule has 0 radical (unpaired) electrons. The van der Waals surface area contributed by atoms with Gasteiger partial charge >= 0.3 is 5.97 Å². The second-order valence-electron chi connectivity index (χ2n) is 3.66. The van der Waals surface area contributed by atoms with E-state index in [-0.39, 0.29) is 18.9 Å². The molecule has 0 unspecified atom stereocenters. The average molecular weight is 382 g/mol. The number of benzene rings is 1. The molecule has 4 nitrogen and oxygen atoms in total. The molecule has 0 saturated carbocycles. The van der Waals surface area contributed by atoms with E-state index in [0.717, 1.165) is 3.57 Å². The number of nitrogens with zero attached hydrogens (tertiary/aromatic N) is 1.